The first-order chi connectivity index (χ1) is 19.1. The minimum absolute atomic E-state index is 0.315. The molecule has 13 aromatic carbocycles. The Bertz CT molecular complexity index is 1980. The summed E-state index contributed by atoms with van der Waals surface area (Å²) in [7, 11) is 0. The Morgan fingerprint density at radius 2 is 0.641 bits per heavy atom. The zero-order valence-electron chi connectivity index (χ0n) is 21.1. The summed E-state index contributed by atoms with van der Waals surface area (Å²) < 4.78 is 0. The van der Waals surface area contributed by atoms with Crippen LogP contribution >= 0.6 is 0 Å². The Labute approximate surface area is 225 Å². The minimum Gasteiger partial charge on any atom is -0.478 e. The highest BCUT2D eigenvalue weighted by Crippen LogP contribution is 2.27. The van der Waals surface area contributed by atoms with Gasteiger partial charge in [-0.3, -0.25) is 0 Å². The van der Waals surface area contributed by atoms with Crippen LogP contribution in [0.5, 0.6) is 0 Å². The quantitative estimate of drug-likeness (QED) is 0.243. The van der Waals surface area contributed by atoms with Gasteiger partial charge in [0.15, 0.2) is 0 Å². The van der Waals surface area contributed by atoms with Gasteiger partial charge >= 0.3 is 5.97 Å². The summed E-state index contributed by atoms with van der Waals surface area (Å²) in [4.78, 5) is 12.5. The fourth-order valence-electron chi connectivity index (χ4n) is 5.54. The summed E-state index contributed by atoms with van der Waals surface area (Å²) in [6.45, 7) is 0. The van der Waals surface area contributed by atoms with Gasteiger partial charge in [-0.1, -0.05) is 133 Å². The average molecular weight is 501 g/mol. The first-order valence-electron chi connectivity index (χ1n) is 13.0. The molecule has 1 N–H and O–H groups in total. The molecule has 0 amide bonds. The molecule has 0 unspecified atom stereocenters. The van der Waals surface area contributed by atoms with Crippen LogP contribution in [0.3, 0.4) is 0 Å². The number of aromatic carboxylic acids is 1. The van der Waals surface area contributed by atoms with E-state index in [2.05, 4.69) is 97.1 Å². The van der Waals surface area contributed by atoms with E-state index >= 15 is 0 Å². The van der Waals surface area contributed by atoms with Crippen LogP contribution in [-0.4, -0.2) is 11.1 Å². The van der Waals surface area contributed by atoms with Crippen molar-refractivity contribution in [2.24, 2.45) is 0 Å². The third-order valence-electron chi connectivity index (χ3n) is 7.64. The summed E-state index contributed by atoms with van der Waals surface area (Å²) in [5.41, 5.74) is 0.315. The average Bonchev–Trinajstić information content (AvgIpc) is 3.01. The standard InChI is InChI=1S/C37H24O2/c38-37(39)36-34-5-2-6-35(36)31-21-17-27(18-22-31)25-9-13-29(14-10-25)33-4-1-3-32(23-33)28-11-7-24(8-12-28)26-15-19-30(34)20-16-26/h1-23H,(H,38,39). The van der Waals surface area contributed by atoms with E-state index in [1.54, 1.807) is 0 Å². The highest BCUT2D eigenvalue weighted by molar-refractivity contribution is 6.13. The minimum atomic E-state index is -0.933. The number of hydrogen-bond donors (Lipinski definition) is 1. The van der Waals surface area contributed by atoms with Gasteiger partial charge in [0, 0.05) is 0 Å². The van der Waals surface area contributed by atoms with Gasteiger partial charge in [0.2, 0.25) is 0 Å². The van der Waals surface area contributed by atoms with Crippen LogP contribution in [0.1, 0.15) is 10.4 Å². The Kier molecular flexibility index (Phi) is 5.45. The van der Waals surface area contributed by atoms with Gasteiger partial charge < -0.3 is 5.11 Å². The highest BCUT2D eigenvalue weighted by Gasteiger charge is 2.11. The van der Waals surface area contributed by atoms with E-state index in [4.69, 9.17) is 0 Å². The number of carboxylic acid groups (broad SMARTS) is 1. The SMILES string of the molecule is O=C(O)c1c2cccc1c1ccc(cc1)c1ccc(cc1)c1cccc(c1)c1ccc(cc1)c1ccc2cc1. The number of benzene rings is 6. The molecule has 0 fully saturated rings. The molecular formula is C37H24O2. The van der Waals surface area contributed by atoms with Crippen molar-refractivity contribution in [3.8, 4) is 0 Å². The summed E-state index contributed by atoms with van der Waals surface area (Å²) in [6.07, 6.45) is 0. The maximum Gasteiger partial charge on any atom is 0.336 e. The molecule has 2 nitrogen and oxygen atoms in total. The summed E-state index contributed by atoms with van der Waals surface area (Å²) in [5, 5.41) is 22.5. The molecule has 13 aromatic rings. The molecular weight excluding hydrogens is 476 g/mol. The second-order valence-electron chi connectivity index (χ2n) is 9.92. The fraction of sp³-hybridized carbons (Fsp3) is 0. The Morgan fingerprint density at radius 3 is 0.974 bits per heavy atom. The fourth-order valence-corrected chi connectivity index (χ4v) is 5.54. The number of hydrogen-bond acceptors (Lipinski definition) is 1. The van der Waals surface area contributed by atoms with Gasteiger partial charge in [-0.25, -0.2) is 4.79 Å². The molecule has 0 radical (unpaired) electrons. The molecule has 0 heterocycles. The van der Waals surface area contributed by atoms with E-state index in [0.717, 1.165) is 32.3 Å². The lowest BCUT2D eigenvalue weighted by Crippen LogP contribution is -1.98. The van der Waals surface area contributed by atoms with Crippen LogP contribution in [0.4, 0.5) is 0 Å². The number of rotatable bonds is 1. The van der Waals surface area contributed by atoms with Crippen LogP contribution in [0.25, 0.3) is 64.6 Å². The van der Waals surface area contributed by atoms with Gasteiger partial charge in [-0.2, -0.15) is 0 Å². The van der Waals surface area contributed by atoms with Crippen LogP contribution < -0.4 is 0 Å². The van der Waals surface area contributed by atoms with Crippen molar-refractivity contribution in [2.45, 2.75) is 0 Å². The molecule has 0 aliphatic rings. The van der Waals surface area contributed by atoms with Crippen LogP contribution in [0.2, 0.25) is 0 Å². The van der Waals surface area contributed by atoms with Crippen molar-refractivity contribution in [1.82, 2.24) is 0 Å². The molecule has 0 saturated heterocycles. The van der Waals surface area contributed by atoms with E-state index in [9.17, 15) is 9.90 Å². The number of carboxylic acids is 1. The topological polar surface area (TPSA) is 37.3 Å². The number of carbonyl (C=O) groups is 1. The van der Waals surface area contributed by atoms with Crippen LogP contribution in [0, 0.1) is 0 Å². The predicted octanol–water partition coefficient (Wildman–Crippen LogP) is 9.99. The van der Waals surface area contributed by atoms with Crippen molar-refractivity contribution < 1.29 is 9.90 Å². The normalized spacial score (nSPS) is 11.3. The predicted molar refractivity (Wildman–Crippen MR) is 165 cm³/mol. The van der Waals surface area contributed by atoms with Gasteiger partial charge in [0.1, 0.15) is 0 Å². The van der Waals surface area contributed by atoms with Gasteiger partial charge in [0.05, 0.1) is 5.56 Å². The van der Waals surface area contributed by atoms with E-state index < -0.39 is 5.97 Å². The summed E-state index contributed by atoms with van der Waals surface area (Å²) in [6, 6.07) is 47.9. The maximum absolute atomic E-state index is 12.5. The van der Waals surface area contributed by atoms with Crippen LogP contribution in [-0.2, 0) is 0 Å². The molecule has 13 rings (SSSR count). The largest absolute Gasteiger partial charge is 0.478 e. The van der Waals surface area contributed by atoms with Gasteiger partial charge in [0.25, 0.3) is 0 Å². The molecule has 12 bridgehead atoms. The van der Waals surface area contributed by atoms with E-state index in [1.807, 2.05) is 42.5 Å². The highest BCUT2D eigenvalue weighted by atomic mass is 16.4. The second-order valence-corrected chi connectivity index (χ2v) is 9.92. The molecule has 0 saturated carbocycles. The van der Waals surface area contributed by atoms with Gasteiger partial charge in [-0.05, 0) is 70.7 Å². The smallest absolute Gasteiger partial charge is 0.336 e. The Morgan fingerprint density at radius 1 is 0.359 bits per heavy atom. The first-order valence-corrected chi connectivity index (χ1v) is 13.0. The molecule has 184 valence electrons. The van der Waals surface area contributed by atoms with E-state index in [0.29, 0.717) is 16.3 Å². The Balaban J connectivity index is 1.62. The monoisotopic (exact) mass is 500 g/mol. The van der Waals surface area contributed by atoms with Crippen LogP contribution in [0.15, 0.2) is 140 Å². The van der Waals surface area contributed by atoms with Crippen molar-refractivity contribution in [3.63, 3.8) is 0 Å². The zero-order chi connectivity index (χ0) is 26.3. The van der Waals surface area contributed by atoms with Crippen molar-refractivity contribution in [1.29, 1.82) is 0 Å². The lowest BCUT2D eigenvalue weighted by Gasteiger charge is -2.05. The van der Waals surface area contributed by atoms with E-state index in [1.165, 1.54) is 21.5 Å². The molecule has 0 aliphatic heterocycles. The third-order valence-corrected chi connectivity index (χ3v) is 7.64. The molecule has 2 heteroatoms. The summed E-state index contributed by atoms with van der Waals surface area (Å²) >= 11 is 0. The second kappa shape index (κ2) is 9.27. The first kappa shape index (κ1) is 22.9. The van der Waals surface area contributed by atoms with Crippen molar-refractivity contribution in [2.75, 3.05) is 0 Å². The van der Waals surface area contributed by atoms with E-state index in [-0.39, 0.29) is 0 Å². The maximum atomic E-state index is 12.5. The van der Waals surface area contributed by atoms with Crippen molar-refractivity contribution in [3.05, 3.63) is 145 Å². The summed E-state index contributed by atoms with van der Waals surface area (Å²) in [5.74, 6) is -0.933. The Hall–Kier alpha value is -5.21. The molecule has 39 heavy (non-hydrogen) atoms. The van der Waals surface area contributed by atoms with Gasteiger partial charge in [-0.15, -0.1) is 0 Å². The molecule has 0 spiro atoms. The lowest BCUT2D eigenvalue weighted by molar-refractivity contribution is 0.0701. The zero-order valence-corrected chi connectivity index (χ0v) is 21.1. The van der Waals surface area contributed by atoms with Crippen molar-refractivity contribution >= 4 is 70.6 Å². The molecule has 0 aromatic heterocycles. The molecule has 0 aliphatic carbocycles. The molecule has 0 atom stereocenters. The third kappa shape index (κ3) is 4.13. The lowest BCUT2D eigenvalue weighted by atomic mass is 9.99.